The van der Waals surface area contributed by atoms with Crippen LogP contribution in [-0.4, -0.2) is 54.9 Å². The summed E-state index contributed by atoms with van der Waals surface area (Å²) in [6.45, 7) is 7.70. The van der Waals surface area contributed by atoms with Gasteiger partial charge in [0.25, 0.3) is 0 Å². The van der Waals surface area contributed by atoms with Gasteiger partial charge in [-0.15, -0.1) is 11.3 Å². The molecule has 1 aromatic carbocycles. The van der Waals surface area contributed by atoms with Crippen molar-refractivity contribution in [1.82, 2.24) is 15.5 Å². The molecule has 0 radical (unpaired) electrons. The molecule has 7 nitrogen and oxygen atoms in total. The van der Waals surface area contributed by atoms with Crippen molar-refractivity contribution in [2.45, 2.75) is 148 Å². The summed E-state index contributed by atoms with van der Waals surface area (Å²) >= 11 is 1.84. The number of unbranched alkanes of at least 4 members (excludes halogenated alkanes) is 10. The number of carbonyl (C=O) groups excluding carboxylic acids is 3. The van der Waals surface area contributed by atoms with Crippen molar-refractivity contribution >= 4 is 29.1 Å². The van der Waals surface area contributed by atoms with Crippen LogP contribution in [-0.2, 0) is 33.6 Å². The van der Waals surface area contributed by atoms with Gasteiger partial charge in [0.15, 0.2) is 0 Å². The van der Waals surface area contributed by atoms with Crippen LogP contribution in [0.1, 0.15) is 139 Å². The molecule has 0 saturated heterocycles. The van der Waals surface area contributed by atoms with Crippen LogP contribution < -0.4 is 15.4 Å². The fraction of sp³-hybridized carbons (Fsp3) is 0.675. The number of hydrogen-bond donors (Lipinski definition) is 2. The van der Waals surface area contributed by atoms with E-state index in [1.54, 1.807) is 0 Å². The van der Waals surface area contributed by atoms with Gasteiger partial charge in [-0.1, -0.05) is 89.8 Å². The van der Waals surface area contributed by atoms with E-state index in [0.717, 1.165) is 96.7 Å². The highest BCUT2D eigenvalue weighted by Crippen LogP contribution is 2.32. The zero-order valence-electron chi connectivity index (χ0n) is 30.0. The molecule has 268 valence electrons. The van der Waals surface area contributed by atoms with Crippen molar-refractivity contribution in [3.05, 3.63) is 51.7 Å². The van der Waals surface area contributed by atoms with E-state index in [9.17, 15) is 14.4 Å². The van der Waals surface area contributed by atoms with Crippen LogP contribution in [0.3, 0.4) is 0 Å². The Bertz CT molecular complexity index is 1190. The predicted molar refractivity (Wildman–Crippen MR) is 199 cm³/mol. The molecule has 1 aromatic heterocycles. The number of hydrogen-bond acceptors (Lipinski definition) is 6. The lowest BCUT2D eigenvalue weighted by atomic mass is 9.86. The number of benzene rings is 1. The smallest absolute Gasteiger partial charge is 0.312 e. The van der Waals surface area contributed by atoms with E-state index in [1.807, 2.05) is 23.5 Å². The maximum absolute atomic E-state index is 12.7. The van der Waals surface area contributed by atoms with Crippen molar-refractivity contribution in [2.24, 2.45) is 0 Å². The van der Waals surface area contributed by atoms with Gasteiger partial charge < -0.3 is 15.4 Å². The Labute approximate surface area is 295 Å². The first-order chi connectivity index (χ1) is 23.5. The molecule has 3 rings (SSSR count). The third kappa shape index (κ3) is 16.1. The Kier molecular flexibility index (Phi) is 20.2. The van der Waals surface area contributed by atoms with Gasteiger partial charge in [-0.2, -0.15) is 0 Å². The molecule has 1 unspecified atom stereocenters. The monoisotopic (exact) mass is 681 g/mol. The van der Waals surface area contributed by atoms with Crippen molar-refractivity contribution in [3.8, 4) is 5.75 Å². The molecule has 2 amide bonds. The summed E-state index contributed by atoms with van der Waals surface area (Å²) < 4.78 is 5.81. The molecule has 0 aliphatic heterocycles. The molecule has 8 heteroatoms. The van der Waals surface area contributed by atoms with Crippen molar-refractivity contribution in [3.63, 3.8) is 0 Å². The maximum Gasteiger partial charge on any atom is 0.312 e. The van der Waals surface area contributed by atoms with Crippen LogP contribution in [0.2, 0.25) is 0 Å². The first-order valence-corrected chi connectivity index (χ1v) is 20.0. The molecule has 2 aromatic rings. The average Bonchev–Trinajstić information content (AvgIpc) is 3.61. The predicted octanol–water partition coefficient (Wildman–Crippen LogP) is 8.57. The molecule has 1 aliphatic carbocycles. The van der Waals surface area contributed by atoms with Gasteiger partial charge in [0, 0.05) is 43.4 Å². The summed E-state index contributed by atoms with van der Waals surface area (Å²) in [5, 5.41) is 8.04. The second kappa shape index (κ2) is 24.4. The first-order valence-electron chi connectivity index (χ1n) is 19.1. The second-order valence-electron chi connectivity index (χ2n) is 13.5. The second-order valence-corrected chi connectivity index (χ2v) is 14.5. The minimum absolute atomic E-state index is 0.0145. The van der Waals surface area contributed by atoms with E-state index >= 15 is 0 Å². The van der Waals surface area contributed by atoms with Gasteiger partial charge >= 0.3 is 5.97 Å². The van der Waals surface area contributed by atoms with Gasteiger partial charge in [0.05, 0.1) is 6.42 Å². The lowest BCUT2D eigenvalue weighted by Gasteiger charge is -2.35. The standard InChI is InChI=1S/C40H63N3O4S/c1-3-5-27-41-38(44)21-14-12-10-8-6-7-9-11-13-15-22-39(45)42-28-25-40(46)47-37-20-16-18-33-32-34(23-24-36(33)37)43(29-4-2)30-26-35-19-17-31-48-35/h16-20,31,34H,3-15,21-30,32H2,1-2H3,(H,41,44)(H,42,45). The number of nitrogens with zero attached hydrogens (tertiary/aromatic N) is 1. The quantitative estimate of drug-likeness (QED) is 0.0590. The van der Waals surface area contributed by atoms with Crippen LogP contribution in [0.4, 0.5) is 0 Å². The maximum atomic E-state index is 12.7. The fourth-order valence-electron chi connectivity index (χ4n) is 6.68. The SMILES string of the molecule is CCCCNC(=O)CCCCCCCCCCCCC(=O)NCCC(=O)Oc1cccc2c1CCC(N(CCC)CCc1cccs1)C2. The first kappa shape index (κ1) is 39.7. The Hall–Kier alpha value is -2.71. The van der Waals surface area contributed by atoms with E-state index in [0.29, 0.717) is 31.2 Å². The Balaban J connectivity index is 1.21. The summed E-state index contributed by atoms with van der Waals surface area (Å²) in [5.41, 5.74) is 2.46. The molecule has 0 saturated carbocycles. The van der Waals surface area contributed by atoms with E-state index in [2.05, 4.69) is 53.0 Å². The molecule has 0 spiro atoms. The molecule has 1 aliphatic rings. The highest BCUT2D eigenvalue weighted by Gasteiger charge is 2.26. The zero-order valence-corrected chi connectivity index (χ0v) is 30.8. The van der Waals surface area contributed by atoms with Crippen molar-refractivity contribution in [2.75, 3.05) is 26.2 Å². The fourth-order valence-corrected chi connectivity index (χ4v) is 7.38. The topological polar surface area (TPSA) is 87.7 Å². The summed E-state index contributed by atoms with van der Waals surface area (Å²) in [6.07, 6.45) is 20.1. The third-order valence-corrected chi connectivity index (χ3v) is 10.4. The number of ether oxygens (including phenoxy) is 1. The van der Waals surface area contributed by atoms with E-state index in [-0.39, 0.29) is 24.2 Å². The molecule has 0 bridgehead atoms. The van der Waals surface area contributed by atoms with Crippen LogP contribution in [0.5, 0.6) is 5.75 Å². The highest BCUT2D eigenvalue weighted by atomic mass is 32.1. The van der Waals surface area contributed by atoms with Gasteiger partial charge in [-0.25, -0.2) is 0 Å². The Morgan fingerprint density at radius 2 is 1.44 bits per heavy atom. The number of esters is 1. The van der Waals surface area contributed by atoms with Crippen LogP contribution >= 0.6 is 11.3 Å². The number of thiophene rings is 1. The normalized spacial score (nSPS) is 14.1. The van der Waals surface area contributed by atoms with Gasteiger partial charge in [-0.05, 0) is 86.6 Å². The highest BCUT2D eigenvalue weighted by molar-refractivity contribution is 7.09. The van der Waals surface area contributed by atoms with E-state index < -0.39 is 0 Å². The molecule has 1 atom stereocenters. The van der Waals surface area contributed by atoms with E-state index in [1.165, 1.54) is 48.1 Å². The minimum atomic E-state index is -0.290. The lowest BCUT2D eigenvalue weighted by Crippen LogP contribution is -2.41. The third-order valence-electron chi connectivity index (χ3n) is 9.45. The molecule has 2 N–H and O–H groups in total. The minimum Gasteiger partial charge on any atom is -0.426 e. The molecular formula is C40H63N3O4S. The van der Waals surface area contributed by atoms with Gasteiger partial charge in [0.2, 0.25) is 11.8 Å². The number of nitrogens with one attached hydrogen (secondary N) is 2. The van der Waals surface area contributed by atoms with Gasteiger partial charge in [0.1, 0.15) is 5.75 Å². The summed E-state index contributed by atoms with van der Waals surface area (Å²) in [5.74, 6) is 0.609. The molecular weight excluding hydrogens is 619 g/mol. The molecule has 1 heterocycles. The average molecular weight is 682 g/mol. The Morgan fingerprint density at radius 3 is 2.06 bits per heavy atom. The van der Waals surface area contributed by atoms with Gasteiger partial charge in [-0.3, -0.25) is 19.3 Å². The molecule has 48 heavy (non-hydrogen) atoms. The zero-order chi connectivity index (χ0) is 34.2. The number of rotatable bonds is 26. The Morgan fingerprint density at radius 1 is 0.771 bits per heavy atom. The van der Waals surface area contributed by atoms with E-state index in [4.69, 9.17) is 4.74 Å². The van der Waals surface area contributed by atoms with Crippen LogP contribution in [0.15, 0.2) is 35.7 Å². The van der Waals surface area contributed by atoms with Crippen LogP contribution in [0, 0.1) is 0 Å². The summed E-state index contributed by atoms with van der Waals surface area (Å²) in [7, 11) is 0. The summed E-state index contributed by atoms with van der Waals surface area (Å²) in [4.78, 5) is 40.8. The van der Waals surface area contributed by atoms with Crippen molar-refractivity contribution < 1.29 is 19.1 Å². The molecule has 0 fully saturated rings. The summed E-state index contributed by atoms with van der Waals surface area (Å²) in [6, 6.07) is 11.0. The van der Waals surface area contributed by atoms with Crippen LogP contribution in [0.25, 0.3) is 0 Å². The number of fused-ring (bicyclic) bond motifs is 1. The number of amides is 2. The lowest BCUT2D eigenvalue weighted by molar-refractivity contribution is -0.134. The van der Waals surface area contributed by atoms with Crippen molar-refractivity contribution in [1.29, 1.82) is 0 Å². The number of carbonyl (C=O) groups is 3. The largest absolute Gasteiger partial charge is 0.426 e.